The largest absolute Gasteiger partial charge is 0.394 e. The van der Waals surface area contributed by atoms with Crippen LogP contribution in [0.25, 0.3) is 11.3 Å². The average molecular weight is 364 g/mol. The minimum absolute atomic E-state index is 0.00485. The van der Waals surface area contributed by atoms with Crippen molar-refractivity contribution in [3.8, 4) is 11.3 Å². The lowest BCUT2D eigenvalue weighted by Crippen LogP contribution is -2.46. The molecule has 0 aliphatic heterocycles. The van der Waals surface area contributed by atoms with Gasteiger partial charge in [0.05, 0.1) is 18.5 Å². The van der Waals surface area contributed by atoms with Crippen molar-refractivity contribution in [1.82, 2.24) is 9.97 Å². The summed E-state index contributed by atoms with van der Waals surface area (Å²) in [5.74, 6) is 0.00485. The maximum absolute atomic E-state index is 11.7. The number of H-pyrrole nitrogens is 1. The molecule has 0 aliphatic carbocycles. The molecule has 4 atom stereocenters. The Balaban J connectivity index is 2.06. The highest BCUT2D eigenvalue weighted by Gasteiger charge is 2.29. The molecule has 1 aromatic heterocycles. The van der Waals surface area contributed by atoms with Gasteiger partial charge in [-0.3, -0.25) is 9.78 Å². The third-order valence-corrected chi connectivity index (χ3v) is 3.49. The molecule has 10 heteroatoms. The van der Waals surface area contributed by atoms with Crippen LogP contribution >= 0.6 is 0 Å². The van der Waals surface area contributed by atoms with Gasteiger partial charge in [0.2, 0.25) is 5.95 Å². The Labute approximate surface area is 148 Å². The van der Waals surface area contributed by atoms with Gasteiger partial charge < -0.3 is 25.5 Å². The molecule has 26 heavy (non-hydrogen) atoms. The number of aliphatic hydroxyl groups is 5. The van der Waals surface area contributed by atoms with E-state index >= 15 is 0 Å². The number of benzene rings is 1. The van der Waals surface area contributed by atoms with Gasteiger partial charge in [0, 0.05) is 11.6 Å². The Morgan fingerprint density at radius 1 is 1.15 bits per heavy atom. The zero-order chi connectivity index (χ0) is 19.1. The average Bonchev–Trinajstić information content (AvgIpc) is 2.66. The molecule has 7 N–H and O–H groups in total. The molecule has 0 unspecified atom stereocenters. The van der Waals surface area contributed by atoms with E-state index in [4.69, 9.17) is 5.11 Å². The first-order valence-corrected chi connectivity index (χ1v) is 7.71. The Morgan fingerprint density at radius 3 is 2.50 bits per heavy atom. The van der Waals surface area contributed by atoms with Crippen LogP contribution in [0.4, 0.5) is 5.95 Å². The Hall–Kier alpha value is -2.63. The Bertz CT molecular complexity index is 782. The minimum atomic E-state index is -1.77. The number of anilines is 1. The standard InChI is InChI=1S/C16H20N4O6/c21-8-12(23)15(26)14(25)11(22)7-17-20-16-18-10(6-13(24)19-16)9-4-2-1-3-5-9/h1-7,11-12,14-15,21-23,25-26H,8H2,(H2,18,19,20,24)/b17-7+/t11-,12+,14+,15-/m0/s1. The summed E-state index contributed by atoms with van der Waals surface area (Å²) in [5.41, 5.74) is 3.12. The molecule has 0 bridgehead atoms. The van der Waals surface area contributed by atoms with Crippen LogP contribution < -0.4 is 11.0 Å². The summed E-state index contributed by atoms with van der Waals surface area (Å²) in [5, 5.41) is 50.5. The normalized spacial score (nSPS) is 16.2. The zero-order valence-corrected chi connectivity index (χ0v) is 13.6. The predicted molar refractivity (Wildman–Crippen MR) is 93.5 cm³/mol. The maximum atomic E-state index is 11.7. The van der Waals surface area contributed by atoms with Gasteiger partial charge in [-0.05, 0) is 0 Å². The fourth-order valence-electron chi connectivity index (χ4n) is 2.07. The van der Waals surface area contributed by atoms with Crippen molar-refractivity contribution in [1.29, 1.82) is 0 Å². The third kappa shape index (κ3) is 5.18. The van der Waals surface area contributed by atoms with Crippen LogP contribution in [0.5, 0.6) is 0 Å². The van der Waals surface area contributed by atoms with Crippen LogP contribution in [0.1, 0.15) is 0 Å². The second-order valence-corrected chi connectivity index (χ2v) is 5.46. The molecule has 0 fully saturated rings. The molecule has 0 amide bonds. The van der Waals surface area contributed by atoms with Crippen molar-refractivity contribution in [2.75, 3.05) is 12.0 Å². The molecule has 2 rings (SSSR count). The molecule has 140 valence electrons. The van der Waals surface area contributed by atoms with Crippen molar-refractivity contribution in [2.24, 2.45) is 5.10 Å². The lowest BCUT2D eigenvalue weighted by molar-refractivity contribution is -0.0999. The second-order valence-electron chi connectivity index (χ2n) is 5.46. The fraction of sp³-hybridized carbons (Fsp3) is 0.312. The number of hydrogen-bond acceptors (Lipinski definition) is 9. The van der Waals surface area contributed by atoms with Gasteiger partial charge in [-0.15, -0.1) is 0 Å². The van der Waals surface area contributed by atoms with Gasteiger partial charge in [0.1, 0.15) is 24.4 Å². The van der Waals surface area contributed by atoms with Gasteiger partial charge in [-0.1, -0.05) is 30.3 Å². The van der Waals surface area contributed by atoms with Crippen molar-refractivity contribution in [3.63, 3.8) is 0 Å². The molecule has 0 aliphatic rings. The highest BCUT2D eigenvalue weighted by molar-refractivity contribution is 5.65. The molecule has 10 nitrogen and oxygen atoms in total. The van der Waals surface area contributed by atoms with E-state index in [-0.39, 0.29) is 5.95 Å². The van der Waals surface area contributed by atoms with Crippen LogP contribution in [-0.4, -0.2) is 72.7 Å². The van der Waals surface area contributed by atoms with Crippen LogP contribution in [0.2, 0.25) is 0 Å². The monoisotopic (exact) mass is 364 g/mol. The van der Waals surface area contributed by atoms with Crippen molar-refractivity contribution >= 4 is 12.2 Å². The van der Waals surface area contributed by atoms with E-state index in [2.05, 4.69) is 20.5 Å². The first kappa shape index (κ1) is 19.7. The number of aliphatic hydroxyl groups excluding tert-OH is 5. The van der Waals surface area contributed by atoms with E-state index in [0.29, 0.717) is 5.69 Å². The van der Waals surface area contributed by atoms with Crippen molar-refractivity contribution in [2.45, 2.75) is 24.4 Å². The van der Waals surface area contributed by atoms with Gasteiger partial charge in [0.25, 0.3) is 5.56 Å². The smallest absolute Gasteiger partial charge is 0.252 e. The number of hydrogen-bond donors (Lipinski definition) is 7. The summed E-state index contributed by atoms with van der Waals surface area (Å²) in [6.45, 7) is -0.780. The lowest BCUT2D eigenvalue weighted by Gasteiger charge is -2.23. The molecular formula is C16H20N4O6. The van der Waals surface area contributed by atoms with Gasteiger partial charge in [0.15, 0.2) is 0 Å². The number of aromatic amines is 1. The maximum Gasteiger partial charge on any atom is 0.252 e. The summed E-state index contributed by atoms with van der Waals surface area (Å²) in [6.07, 6.45) is -5.93. The van der Waals surface area contributed by atoms with E-state index < -0.39 is 36.6 Å². The van der Waals surface area contributed by atoms with Crippen molar-refractivity contribution < 1.29 is 25.5 Å². The highest BCUT2D eigenvalue weighted by atomic mass is 16.4. The van der Waals surface area contributed by atoms with E-state index in [0.717, 1.165) is 11.8 Å². The fourth-order valence-corrected chi connectivity index (χ4v) is 2.07. The van der Waals surface area contributed by atoms with Crippen molar-refractivity contribution in [3.05, 3.63) is 46.8 Å². The summed E-state index contributed by atoms with van der Waals surface area (Å²) in [4.78, 5) is 18.3. The van der Waals surface area contributed by atoms with E-state index in [1.807, 2.05) is 6.07 Å². The zero-order valence-electron chi connectivity index (χ0n) is 13.6. The number of hydrazone groups is 1. The number of rotatable bonds is 8. The number of aromatic nitrogens is 2. The summed E-state index contributed by atoms with van der Waals surface area (Å²) in [7, 11) is 0. The topological polar surface area (TPSA) is 171 Å². The van der Waals surface area contributed by atoms with Gasteiger partial charge in [-0.25, -0.2) is 10.4 Å². The molecule has 2 aromatic rings. The quantitative estimate of drug-likeness (QED) is 0.214. The third-order valence-electron chi connectivity index (χ3n) is 3.49. The minimum Gasteiger partial charge on any atom is -0.394 e. The summed E-state index contributed by atoms with van der Waals surface area (Å²) in [6, 6.07) is 10.3. The Morgan fingerprint density at radius 2 is 1.85 bits per heavy atom. The van der Waals surface area contributed by atoms with E-state index in [1.165, 1.54) is 6.07 Å². The van der Waals surface area contributed by atoms with Crippen LogP contribution in [0, 0.1) is 0 Å². The highest BCUT2D eigenvalue weighted by Crippen LogP contribution is 2.15. The lowest BCUT2D eigenvalue weighted by atomic mass is 10.0. The number of nitrogens with one attached hydrogen (secondary N) is 2. The molecule has 0 saturated heterocycles. The Kier molecular flexibility index (Phi) is 6.95. The van der Waals surface area contributed by atoms with E-state index in [9.17, 15) is 25.2 Å². The molecule has 0 saturated carbocycles. The molecule has 0 radical (unpaired) electrons. The van der Waals surface area contributed by atoms with Gasteiger partial charge in [-0.2, -0.15) is 5.10 Å². The van der Waals surface area contributed by atoms with Crippen LogP contribution in [-0.2, 0) is 0 Å². The SMILES string of the molecule is O=c1cc(-c2ccccc2)nc(N/N=C/[C@H](O)[C@@H](O)[C@@H](O)[C@H](O)CO)[nH]1. The second kappa shape index (κ2) is 9.17. The molecule has 1 aromatic carbocycles. The van der Waals surface area contributed by atoms with E-state index in [1.54, 1.807) is 24.3 Å². The summed E-state index contributed by atoms with van der Waals surface area (Å²) >= 11 is 0. The predicted octanol–water partition coefficient (Wildman–Crippen LogP) is -1.73. The van der Waals surface area contributed by atoms with Crippen LogP contribution in [0.3, 0.4) is 0 Å². The first-order valence-electron chi connectivity index (χ1n) is 7.71. The van der Waals surface area contributed by atoms with Gasteiger partial charge >= 0.3 is 0 Å². The molecule has 0 spiro atoms. The number of nitrogens with zero attached hydrogens (tertiary/aromatic N) is 2. The summed E-state index contributed by atoms with van der Waals surface area (Å²) < 4.78 is 0. The van der Waals surface area contributed by atoms with Crippen LogP contribution in [0.15, 0.2) is 46.3 Å². The molecular weight excluding hydrogens is 344 g/mol. The molecule has 1 heterocycles. The first-order chi connectivity index (χ1) is 12.4.